The van der Waals surface area contributed by atoms with Crippen LogP contribution in [-0.4, -0.2) is 24.1 Å². The maximum Gasteiger partial charge on any atom is 0.311 e. The normalized spacial score (nSPS) is 17.5. The molecular formula is C14H21N3O3. The molecule has 1 fully saturated rings. The van der Waals surface area contributed by atoms with Gasteiger partial charge in [-0.2, -0.15) is 0 Å². The van der Waals surface area contributed by atoms with Crippen LogP contribution in [0, 0.1) is 10.1 Å². The molecule has 0 aliphatic heterocycles. The highest BCUT2D eigenvalue weighted by atomic mass is 16.6. The number of hydrogen-bond acceptors (Lipinski definition) is 5. The van der Waals surface area contributed by atoms with Crippen molar-refractivity contribution in [2.24, 2.45) is 5.73 Å². The van der Waals surface area contributed by atoms with E-state index in [-0.39, 0.29) is 17.0 Å². The van der Waals surface area contributed by atoms with E-state index >= 15 is 0 Å². The van der Waals surface area contributed by atoms with Crippen molar-refractivity contribution in [2.45, 2.75) is 37.6 Å². The van der Waals surface area contributed by atoms with Gasteiger partial charge in [0.1, 0.15) is 0 Å². The Morgan fingerprint density at radius 3 is 2.70 bits per heavy atom. The van der Waals surface area contributed by atoms with Crippen molar-refractivity contribution in [3.63, 3.8) is 0 Å². The average molecular weight is 279 g/mol. The molecule has 1 saturated carbocycles. The van der Waals surface area contributed by atoms with Gasteiger partial charge in [-0.05, 0) is 18.9 Å². The minimum absolute atomic E-state index is 0.0295. The number of anilines is 1. The first-order valence-electron chi connectivity index (χ1n) is 6.89. The number of hydrogen-bond donors (Lipinski definition) is 2. The maximum absolute atomic E-state index is 10.8. The summed E-state index contributed by atoms with van der Waals surface area (Å²) in [4.78, 5) is 10.4. The fourth-order valence-corrected chi connectivity index (χ4v) is 2.65. The third-order valence-corrected chi connectivity index (χ3v) is 3.87. The van der Waals surface area contributed by atoms with Gasteiger partial charge in [0.15, 0.2) is 5.75 Å². The molecule has 0 atom stereocenters. The maximum atomic E-state index is 10.8. The van der Waals surface area contributed by atoms with Gasteiger partial charge < -0.3 is 15.8 Å². The van der Waals surface area contributed by atoms with Gasteiger partial charge in [0.2, 0.25) is 0 Å². The third-order valence-electron chi connectivity index (χ3n) is 3.87. The largest absolute Gasteiger partial charge is 0.490 e. The summed E-state index contributed by atoms with van der Waals surface area (Å²) in [5.74, 6) is 0.259. The molecule has 110 valence electrons. The smallest absolute Gasteiger partial charge is 0.311 e. The van der Waals surface area contributed by atoms with E-state index in [0.29, 0.717) is 6.54 Å². The average Bonchev–Trinajstić information content (AvgIpc) is 2.45. The van der Waals surface area contributed by atoms with Gasteiger partial charge in [-0.3, -0.25) is 10.1 Å². The number of nitro benzene ring substituents is 1. The van der Waals surface area contributed by atoms with E-state index in [9.17, 15) is 10.1 Å². The van der Waals surface area contributed by atoms with E-state index in [1.54, 1.807) is 12.1 Å². The molecule has 0 amide bonds. The molecule has 0 spiro atoms. The van der Waals surface area contributed by atoms with Gasteiger partial charge in [0.25, 0.3) is 0 Å². The van der Waals surface area contributed by atoms with Gasteiger partial charge in [-0.25, -0.2) is 0 Å². The first-order chi connectivity index (χ1) is 9.54. The van der Waals surface area contributed by atoms with Crippen molar-refractivity contribution < 1.29 is 9.66 Å². The number of ether oxygens (including phenoxy) is 1. The zero-order valence-electron chi connectivity index (χ0n) is 11.7. The second-order valence-corrected chi connectivity index (χ2v) is 5.42. The molecule has 1 aromatic rings. The molecular weight excluding hydrogens is 258 g/mol. The van der Waals surface area contributed by atoms with Crippen LogP contribution < -0.4 is 15.8 Å². The van der Waals surface area contributed by atoms with Crippen LogP contribution in [0.5, 0.6) is 5.75 Å². The lowest BCUT2D eigenvalue weighted by Crippen LogP contribution is -2.47. The van der Waals surface area contributed by atoms with Crippen LogP contribution in [0.4, 0.5) is 11.4 Å². The minimum atomic E-state index is -0.450. The molecule has 6 nitrogen and oxygen atoms in total. The molecule has 6 heteroatoms. The molecule has 20 heavy (non-hydrogen) atoms. The number of nitro groups is 1. The predicted molar refractivity (Wildman–Crippen MR) is 78.1 cm³/mol. The SMILES string of the molecule is COc1cc(NCC2(N)CCCCC2)ccc1[N+](=O)[O-]. The number of nitrogens with two attached hydrogens (primary N) is 1. The predicted octanol–water partition coefficient (Wildman–Crippen LogP) is 2.68. The van der Waals surface area contributed by atoms with E-state index in [2.05, 4.69) is 5.32 Å². The van der Waals surface area contributed by atoms with Crippen LogP contribution in [0.25, 0.3) is 0 Å². The molecule has 0 bridgehead atoms. The van der Waals surface area contributed by atoms with E-state index in [1.165, 1.54) is 32.4 Å². The standard InChI is InChI=1S/C14H21N3O3/c1-20-13-9-11(5-6-12(13)17(18)19)16-10-14(15)7-3-2-4-8-14/h5-6,9,16H,2-4,7-8,10,15H2,1H3. The summed E-state index contributed by atoms with van der Waals surface area (Å²) in [6.07, 6.45) is 5.63. The van der Waals surface area contributed by atoms with Gasteiger partial charge in [0, 0.05) is 29.9 Å². The Bertz CT molecular complexity index is 485. The summed E-state index contributed by atoms with van der Waals surface area (Å²) in [7, 11) is 1.43. The van der Waals surface area contributed by atoms with E-state index in [4.69, 9.17) is 10.5 Å². The highest BCUT2D eigenvalue weighted by Crippen LogP contribution is 2.31. The lowest BCUT2D eigenvalue weighted by molar-refractivity contribution is -0.385. The lowest BCUT2D eigenvalue weighted by atomic mass is 9.82. The molecule has 1 aliphatic carbocycles. The van der Waals surface area contributed by atoms with Gasteiger partial charge >= 0.3 is 5.69 Å². The van der Waals surface area contributed by atoms with Gasteiger partial charge in [-0.1, -0.05) is 19.3 Å². The molecule has 0 saturated heterocycles. The van der Waals surface area contributed by atoms with Crippen molar-refractivity contribution in [1.29, 1.82) is 0 Å². The van der Waals surface area contributed by atoms with E-state index < -0.39 is 4.92 Å². The molecule has 0 heterocycles. The topological polar surface area (TPSA) is 90.4 Å². The summed E-state index contributed by atoms with van der Waals surface area (Å²) in [6, 6.07) is 4.78. The van der Waals surface area contributed by atoms with Crippen LogP contribution in [-0.2, 0) is 0 Å². The van der Waals surface area contributed by atoms with E-state index in [0.717, 1.165) is 18.5 Å². The lowest BCUT2D eigenvalue weighted by Gasteiger charge is -2.33. The van der Waals surface area contributed by atoms with Crippen molar-refractivity contribution in [3.8, 4) is 5.75 Å². The molecule has 1 aliphatic rings. The second kappa shape index (κ2) is 6.09. The third kappa shape index (κ3) is 3.39. The van der Waals surface area contributed by atoms with E-state index in [1.807, 2.05) is 0 Å². The fourth-order valence-electron chi connectivity index (χ4n) is 2.65. The Morgan fingerprint density at radius 2 is 2.10 bits per heavy atom. The first-order valence-corrected chi connectivity index (χ1v) is 6.89. The number of nitrogens with one attached hydrogen (secondary N) is 1. The van der Waals surface area contributed by atoms with Crippen molar-refractivity contribution in [3.05, 3.63) is 28.3 Å². The molecule has 0 aromatic heterocycles. The minimum Gasteiger partial charge on any atom is -0.490 e. The van der Waals surface area contributed by atoms with Crippen LogP contribution in [0.3, 0.4) is 0 Å². The summed E-state index contributed by atoms with van der Waals surface area (Å²) in [6.45, 7) is 0.675. The highest BCUT2D eigenvalue weighted by molar-refractivity contribution is 5.58. The number of benzene rings is 1. The number of methoxy groups -OCH3 is 1. The van der Waals surface area contributed by atoms with Gasteiger partial charge in [0.05, 0.1) is 12.0 Å². The van der Waals surface area contributed by atoms with Gasteiger partial charge in [-0.15, -0.1) is 0 Å². The summed E-state index contributed by atoms with van der Waals surface area (Å²) < 4.78 is 5.05. The van der Waals surface area contributed by atoms with Crippen LogP contribution in [0.15, 0.2) is 18.2 Å². The highest BCUT2D eigenvalue weighted by Gasteiger charge is 2.27. The van der Waals surface area contributed by atoms with Crippen molar-refractivity contribution >= 4 is 11.4 Å². The Balaban J connectivity index is 2.04. The Hall–Kier alpha value is -1.82. The van der Waals surface area contributed by atoms with Crippen LogP contribution in [0.2, 0.25) is 0 Å². The quantitative estimate of drug-likeness (QED) is 0.638. The second-order valence-electron chi connectivity index (χ2n) is 5.42. The Kier molecular flexibility index (Phi) is 4.44. The number of nitrogens with zero attached hydrogens (tertiary/aromatic N) is 1. The first kappa shape index (κ1) is 14.6. The molecule has 0 unspecified atom stereocenters. The van der Waals surface area contributed by atoms with Crippen molar-refractivity contribution in [1.82, 2.24) is 0 Å². The molecule has 0 radical (unpaired) electrons. The Morgan fingerprint density at radius 1 is 1.40 bits per heavy atom. The van der Waals surface area contributed by atoms with Crippen molar-refractivity contribution in [2.75, 3.05) is 19.0 Å². The number of rotatable bonds is 5. The van der Waals surface area contributed by atoms with Crippen LogP contribution in [0.1, 0.15) is 32.1 Å². The van der Waals surface area contributed by atoms with Crippen LogP contribution >= 0.6 is 0 Å². The molecule has 1 aromatic carbocycles. The Labute approximate surface area is 118 Å². The zero-order valence-corrected chi connectivity index (χ0v) is 11.7. The zero-order chi connectivity index (χ0) is 14.6. The summed E-state index contributed by atoms with van der Waals surface area (Å²) >= 11 is 0. The summed E-state index contributed by atoms with van der Waals surface area (Å²) in [5, 5.41) is 14.1. The molecule has 2 rings (SSSR count). The fraction of sp³-hybridized carbons (Fsp3) is 0.571. The summed E-state index contributed by atoms with van der Waals surface area (Å²) in [5.41, 5.74) is 6.95. The monoisotopic (exact) mass is 279 g/mol. The molecule has 3 N–H and O–H groups in total.